The fourth-order valence-corrected chi connectivity index (χ4v) is 4.60. The third kappa shape index (κ3) is 2.41. The Balaban J connectivity index is 1.79. The van der Waals surface area contributed by atoms with E-state index in [2.05, 4.69) is 72.8 Å². The SMILES string of the molecule is c1ccc(Cc2cccc3c2PCc2ccccc2-3)cc1. The molecule has 0 aliphatic carbocycles. The van der Waals surface area contributed by atoms with Gasteiger partial charge in [0.05, 0.1) is 0 Å². The Morgan fingerprint density at radius 3 is 2.38 bits per heavy atom. The van der Waals surface area contributed by atoms with Crippen molar-refractivity contribution in [2.45, 2.75) is 12.6 Å². The molecule has 21 heavy (non-hydrogen) atoms. The molecule has 1 atom stereocenters. The van der Waals surface area contributed by atoms with Crippen LogP contribution in [0.25, 0.3) is 11.1 Å². The van der Waals surface area contributed by atoms with Crippen LogP contribution in [0.3, 0.4) is 0 Å². The van der Waals surface area contributed by atoms with Crippen molar-refractivity contribution in [2.75, 3.05) is 0 Å². The zero-order valence-electron chi connectivity index (χ0n) is 11.8. The van der Waals surface area contributed by atoms with Crippen LogP contribution in [0.4, 0.5) is 0 Å². The molecule has 102 valence electrons. The summed E-state index contributed by atoms with van der Waals surface area (Å²) in [5, 5.41) is 1.57. The van der Waals surface area contributed by atoms with Gasteiger partial charge in [-0.2, -0.15) is 0 Å². The van der Waals surface area contributed by atoms with E-state index in [-0.39, 0.29) is 0 Å². The maximum Gasteiger partial charge on any atom is -0.00193 e. The molecule has 1 heteroatoms. The minimum atomic E-state index is 0.890. The van der Waals surface area contributed by atoms with Crippen molar-refractivity contribution in [3.8, 4) is 11.1 Å². The summed E-state index contributed by atoms with van der Waals surface area (Å²) in [6.45, 7) is 0. The van der Waals surface area contributed by atoms with E-state index >= 15 is 0 Å². The molecule has 0 spiro atoms. The number of fused-ring (bicyclic) bond motifs is 3. The summed E-state index contributed by atoms with van der Waals surface area (Å²) in [7, 11) is 0.890. The lowest BCUT2D eigenvalue weighted by Crippen LogP contribution is -2.13. The summed E-state index contributed by atoms with van der Waals surface area (Å²) >= 11 is 0. The average Bonchev–Trinajstić information content (AvgIpc) is 2.56. The van der Waals surface area contributed by atoms with Gasteiger partial charge in [-0.1, -0.05) is 81.4 Å². The Kier molecular flexibility index (Phi) is 3.33. The summed E-state index contributed by atoms with van der Waals surface area (Å²) in [6.07, 6.45) is 2.23. The van der Waals surface area contributed by atoms with Crippen molar-refractivity contribution in [1.29, 1.82) is 0 Å². The number of benzene rings is 3. The molecule has 0 amide bonds. The monoisotopic (exact) mass is 288 g/mol. The Morgan fingerprint density at radius 1 is 0.714 bits per heavy atom. The van der Waals surface area contributed by atoms with E-state index in [9.17, 15) is 0 Å². The summed E-state index contributed by atoms with van der Waals surface area (Å²) < 4.78 is 0. The van der Waals surface area contributed by atoms with Gasteiger partial charge in [0.25, 0.3) is 0 Å². The van der Waals surface area contributed by atoms with Crippen LogP contribution in [0.5, 0.6) is 0 Å². The van der Waals surface area contributed by atoms with Crippen molar-refractivity contribution in [2.24, 2.45) is 0 Å². The lowest BCUT2D eigenvalue weighted by atomic mass is 9.96. The first-order valence-corrected chi connectivity index (χ1v) is 8.60. The van der Waals surface area contributed by atoms with E-state index in [1.807, 2.05) is 0 Å². The highest BCUT2D eigenvalue weighted by Gasteiger charge is 2.17. The fourth-order valence-electron chi connectivity index (χ4n) is 3.12. The zero-order chi connectivity index (χ0) is 14.1. The Labute approximate surface area is 127 Å². The topological polar surface area (TPSA) is 0 Å². The standard InChI is InChI=1S/C20H17P/c1-2-7-15(8-3-1)13-16-10-6-12-19-18-11-5-4-9-17(18)14-21-20(16)19/h1-12,21H,13-14H2. The van der Waals surface area contributed by atoms with Gasteiger partial charge in [0.1, 0.15) is 0 Å². The summed E-state index contributed by atoms with van der Waals surface area (Å²) in [4.78, 5) is 0. The van der Waals surface area contributed by atoms with E-state index in [0.29, 0.717) is 0 Å². The number of hydrogen-bond acceptors (Lipinski definition) is 0. The highest BCUT2D eigenvalue weighted by Crippen LogP contribution is 2.37. The van der Waals surface area contributed by atoms with Crippen LogP contribution in [-0.4, -0.2) is 0 Å². The number of hydrogen-bond donors (Lipinski definition) is 0. The second kappa shape index (κ2) is 5.47. The molecule has 0 nitrogen and oxygen atoms in total. The van der Waals surface area contributed by atoms with Crippen molar-refractivity contribution >= 4 is 13.9 Å². The van der Waals surface area contributed by atoms with E-state index in [1.165, 1.54) is 34.0 Å². The van der Waals surface area contributed by atoms with Crippen LogP contribution in [0.2, 0.25) is 0 Å². The van der Waals surface area contributed by atoms with E-state index in [1.54, 1.807) is 5.30 Å². The van der Waals surface area contributed by atoms with Gasteiger partial charge >= 0.3 is 0 Å². The van der Waals surface area contributed by atoms with E-state index in [0.717, 1.165) is 15.0 Å². The maximum absolute atomic E-state index is 2.30. The molecule has 0 aromatic heterocycles. The molecule has 0 radical (unpaired) electrons. The van der Waals surface area contributed by atoms with Gasteiger partial charge in [0, 0.05) is 0 Å². The molecular formula is C20H17P. The molecule has 4 rings (SSSR count). The summed E-state index contributed by atoms with van der Waals surface area (Å²) in [5.41, 5.74) is 7.27. The highest BCUT2D eigenvalue weighted by molar-refractivity contribution is 7.47. The van der Waals surface area contributed by atoms with E-state index < -0.39 is 0 Å². The molecule has 3 aromatic rings. The molecule has 0 N–H and O–H groups in total. The first-order valence-electron chi connectivity index (χ1n) is 7.40. The Bertz CT molecular complexity index is 775. The van der Waals surface area contributed by atoms with Crippen LogP contribution in [0.15, 0.2) is 72.8 Å². The Hall–Kier alpha value is -1.91. The largest absolute Gasteiger partial charge is 0.0849 e. The minimum Gasteiger partial charge on any atom is -0.0849 e. The van der Waals surface area contributed by atoms with Crippen LogP contribution in [-0.2, 0) is 12.6 Å². The third-order valence-electron chi connectivity index (χ3n) is 4.15. The molecular weight excluding hydrogens is 271 g/mol. The zero-order valence-corrected chi connectivity index (χ0v) is 12.8. The minimum absolute atomic E-state index is 0.890. The smallest absolute Gasteiger partial charge is 0.00193 e. The highest BCUT2D eigenvalue weighted by atomic mass is 31.1. The van der Waals surface area contributed by atoms with Crippen LogP contribution >= 0.6 is 8.58 Å². The van der Waals surface area contributed by atoms with Gasteiger partial charge in [-0.25, -0.2) is 0 Å². The van der Waals surface area contributed by atoms with Gasteiger partial charge in [-0.05, 0) is 45.7 Å². The maximum atomic E-state index is 2.30. The fraction of sp³-hybridized carbons (Fsp3) is 0.100. The normalized spacial score (nSPS) is 13.7. The summed E-state index contributed by atoms with van der Waals surface area (Å²) in [5.74, 6) is 0. The quantitative estimate of drug-likeness (QED) is 0.596. The second-order valence-corrected chi connectivity index (χ2v) is 6.72. The van der Waals surface area contributed by atoms with Gasteiger partial charge in [0.2, 0.25) is 0 Å². The molecule has 0 fully saturated rings. The lowest BCUT2D eigenvalue weighted by molar-refractivity contribution is 1.20. The van der Waals surface area contributed by atoms with Crippen molar-refractivity contribution in [3.63, 3.8) is 0 Å². The number of rotatable bonds is 2. The van der Waals surface area contributed by atoms with Crippen molar-refractivity contribution in [1.82, 2.24) is 0 Å². The van der Waals surface area contributed by atoms with Gasteiger partial charge in [0.15, 0.2) is 0 Å². The first-order chi connectivity index (χ1) is 10.4. The van der Waals surface area contributed by atoms with Gasteiger partial charge < -0.3 is 0 Å². The average molecular weight is 288 g/mol. The first kappa shape index (κ1) is 12.8. The molecule has 1 aliphatic heterocycles. The van der Waals surface area contributed by atoms with E-state index in [4.69, 9.17) is 0 Å². The van der Waals surface area contributed by atoms with Crippen LogP contribution < -0.4 is 5.30 Å². The summed E-state index contributed by atoms with van der Waals surface area (Å²) in [6, 6.07) is 26.4. The lowest BCUT2D eigenvalue weighted by Gasteiger charge is -2.22. The molecule has 0 saturated carbocycles. The Morgan fingerprint density at radius 2 is 1.48 bits per heavy atom. The molecule has 0 saturated heterocycles. The van der Waals surface area contributed by atoms with Crippen LogP contribution in [0, 0.1) is 0 Å². The van der Waals surface area contributed by atoms with Crippen LogP contribution in [0.1, 0.15) is 16.7 Å². The second-order valence-electron chi connectivity index (χ2n) is 5.51. The molecule has 3 aromatic carbocycles. The molecule has 0 bridgehead atoms. The van der Waals surface area contributed by atoms with Crippen molar-refractivity contribution in [3.05, 3.63) is 89.5 Å². The van der Waals surface area contributed by atoms with Crippen molar-refractivity contribution < 1.29 is 0 Å². The third-order valence-corrected chi connectivity index (χ3v) is 5.65. The van der Waals surface area contributed by atoms with Gasteiger partial charge in [-0.3, -0.25) is 0 Å². The molecule has 1 heterocycles. The predicted molar refractivity (Wildman–Crippen MR) is 92.8 cm³/mol. The molecule has 1 aliphatic rings. The van der Waals surface area contributed by atoms with Gasteiger partial charge in [-0.15, -0.1) is 0 Å². The predicted octanol–water partition coefficient (Wildman–Crippen LogP) is 4.76. The molecule has 1 unspecified atom stereocenters.